The first-order chi connectivity index (χ1) is 12.7. The number of rotatable bonds is 6. The molecule has 0 bridgehead atoms. The van der Waals surface area contributed by atoms with Gasteiger partial charge in [-0.2, -0.15) is 4.31 Å². The van der Waals surface area contributed by atoms with Crippen molar-refractivity contribution >= 4 is 22.0 Å². The summed E-state index contributed by atoms with van der Waals surface area (Å²) in [6, 6.07) is 10.4. The summed E-state index contributed by atoms with van der Waals surface area (Å²) in [6.45, 7) is 1.39. The van der Waals surface area contributed by atoms with Crippen molar-refractivity contribution in [3.8, 4) is 0 Å². The van der Waals surface area contributed by atoms with Crippen molar-refractivity contribution in [1.82, 2.24) is 9.29 Å². The maximum atomic E-state index is 13.3. The van der Waals surface area contributed by atoms with E-state index in [9.17, 15) is 18.0 Å². The number of benzene rings is 1. The molecule has 0 spiro atoms. The molecule has 0 aliphatic rings. The van der Waals surface area contributed by atoms with Crippen molar-refractivity contribution in [3.05, 3.63) is 59.9 Å². The molecule has 0 amide bonds. The molecule has 2 aromatic rings. The summed E-state index contributed by atoms with van der Waals surface area (Å²) in [5, 5.41) is 0. The molecule has 0 unspecified atom stereocenters. The molecular formula is C18H20N2O6S. The number of nitrogens with zero attached hydrogens (tertiary/aromatic N) is 2. The number of likely N-dealkylation sites (N-methyl/N-ethyl adjacent to an activating group) is 1. The monoisotopic (exact) mass is 392 g/mol. The van der Waals surface area contributed by atoms with Crippen LogP contribution in [-0.4, -0.2) is 50.9 Å². The minimum Gasteiger partial charge on any atom is -0.467 e. The topological polar surface area (TPSA) is 103 Å². The normalized spacial score (nSPS) is 13.7. The number of esters is 2. The van der Waals surface area contributed by atoms with Gasteiger partial charge >= 0.3 is 11.9 Å². The molecule has 27 heavy (non-hydrogen) atoms. The Labute approximate surface area is 157 Å². The van der Waals surface area contributed by atoms with E-state index in [1.807, 2.05) is 0 Å². The van der Waals surface area contributed by atoms with Gasteiger partial charge in [0.1, 0.15) is 0 Å². The predicted octanol–water partition coefficient (Wildman–Crippen LogP) is 1.58. The van der Waals surface area contributed by atoms with E-state index in [4.69, 9.17) is 4.74 Å². The van der Waals surface area contributed by atoms with E-state index < -0.39 is 27.5 Å². The molecule has 1 heterocycles. The molecule has 0 aliphatic carbocycles. The molecule has 9 heteroatoms. The fourth-order valence-electron chi connectivity index (χ4n) is 2.60. The largest absolute Gasteiger partial charge is 0.467 e. The molecule has 1 aromatic heterocycles. The lowest BCUT2D eigenvalue weighted by atomic mass is 9.97. The first-order valence-corrected chi connectivity index (χ1v) is 9.31. The first-order valence-electron chi connectivity index (χ1n) is 7.87. The summed E-state index contributed by atoms with van der Waals surface area (Å²) in [5.74, 6) is -1.62. The second-order valence-corrected chi connectivity index (χ2v) is 7.68. The minimum atomic E-state index is -4.29. The van der Waals surface area contributed by atoms with Gasteiger partial charge in [-0.1, -0.05) is 18.2 Å². The van der Waals surface area contributed by atoms with Gasteiger partial charge in [0.2, 0.25) is 10.0 Å². The number of ether oxygens (including phenoxy) is 2. The van der Waals surface area contributed by atoms with Gasteiger partial charge < -0.3 is 9.47 Å². The van der Waals surface area contributed by atoms with E-state index in [1.54, 1.807) is 12.1 Å². The van der Waals surface area contributed by atoms with Gasteiger partial charge in [0.25, 0.3) is 0 Å². The zero-order valence-electron chi connectivity index (χ0n) is 15.4. The zero-order chi connectivity index (χ0) is 20.2. The Kier molecular flexibility index (Phi) is 5.97. The summed E-state index contributed by atoms with van der Waals surface area (Å²) >= 11 is 0. The number of methoxy groups -OCH3 is 2. The molecule has 0 aliphatic heterocycles. The van der Waals surface area contributed by atoms with Crippen LogP contribution < -0.4 is 0 Å². The van der Waals surface area contributed by atoms with Crippen molar-refractivity contribution in [1.29, 1.82) is 0 Å². The van der Waals surface area contributed by atoms with Crippen LogP contribution in [0, 0.1) is 0 Å². The molecule has 0 radical (unpaired) electrons. The van der Waals surface area contributed by atoms with Crippen molar-refractivity contribution in [2.75, 3.05) is 21.3 Å². The lowest BCUT2D eigenvalue weighted by Crippen LogP contribution is -2.51. The fraction of sp³-hybridized carbons (Fsp3) is 0.278. The van der Waals surface area contributed by atoms with Gasteiger partial charge in [-0.25, -0.2) is 18.0 Å². The second kappa shape index (κ2) is 7.85. The Balaban J connectivity index is 2.68. The summed E-state index contributed by atoms with van der Waals surface area (Å²) in [5.41, 5.74) is -1.71. The Hall–Kier alpha value is -2.78. The Bertz CT molecular complexity index is 945. The Morgan fingerprint density at radius 2 is 1.67 bits per heavy atom. The third-order valence-electron chi connectivity index (χ3n) is 4.31. The lowest BCUT2D eigenvalue weighted by Gasteiger charge is -2.34. The van der Waals surface area contributed by atoms with Crippen LogP contribution in [0.4, 0.5) is 0 Å². The molecule has 2 rings (SSSR count). The number of carbonyl (C=O) groups is 2. The van der Waals surface area contributed by atoms with Crippen LogP contribution in [-0.2, 0) is 29.8 Å². The number of aromatic nitrogens is 1. The summed E-state index contributed by atoms with van der Waals surface area (Å²) in [6.07, 6.45) is 1.44. The van der Waals surface area contributed by atoms with Crippen LogP contribution in [0.15, 0.2) is 53.6 Å². The highest BCUT2D eigenvalue weighted by atomic mass is 32.2. The van der Waals surface area contributed by atoms with Crippen LogP contribution in [0.2, 0.25) is 0 Å². The van der Waals surface area contributed by atoms with Gasteiger partial charge in [-0.15, -0.1) is 0 Å². The number of hydrogen-bond donors (Lipinski definition) is 0. The van der Waals surface area contributed by atoms with Crippen LogP contribution in [0.1, 0.15) is 23.0 Å². The summed E-state index contributed by atoms with van der Waals surface area (Å²) in [7, 11) is -0.749. The number of carbonyl (C=O) groups excluding carboxylic acids is 2. The molecule has 1 atom stereocenters. The Morgan fingerprint density at radius 3 is 2.22 bits per heavy atom. The van der Waals surface area contributed by atoms with E-state index >= 15 is 0 Å². The smallest absolute Gasteiger partial charge is 0.339 e. The zero-order valence-corrected chi connectivity index (χ0v) is 16.2. The molecule has 0 N–H and O–H groups in total. The predicted molar refractivity (Wildman–Crippen MR) is 96.3 cm³/mol. The summed E-state index contributed by atoms with van der Waals surface area (Å²) in [4.78, 5) is 28.4. The maximum Gasteiger partial charge on any atom is 0.339 e. The standard InChI is InChI=1S/C18H20N2O6S/c1-18(17(22)26-4,15-11-7-8-12-19-15)20(2)27(23,24)14-10-6-5-9-13(14)16(21)25-3/h5-12H,1-4H3/t18-/m0/s1. The highest BCUT2D eigenvalue weighted by molar-refractivity contribution is 7.89. The van der Waals surface area contributed by atoms with Crippen LogP contribution in [0.25, 0.3) is 0 Å². The third-order valence-corrected chi connectivity index (χ3v) is 6.31. The van der Waals surface area contributed by atoms with Gasteiger partial charge in [-0.05, 0) is 31.2 Å². The third kappa shape index (κ3) is 3.56. The van der Waals surface area contributed by atoms with Crippen molar-refractivity contribution in [3.63, 3.8) is 0 Å². The van der Waals surface area contributed by atoms with E-state index in [-0.39, 0.29) is 16.2 Å². The molecule has 0 saturated heterocycles. The number of sulfonamides is 1. The average molecular weight is 392 g/mol. The van der Waals surface area contributed by atoms with E-state index in [0.29, 0.717) is 0 Å². The lowest BCUT2D eigenvalue weighted by molar-refractivity contribution is -0.151. The number of pyridine rings is 1. The molecular weight excluding hydrogens is 372 g/mol. The summed E-state index contributed by atoms with van der Waals surface area (Å²) < 4.78 is 36.9. The van der Waals surface area contributed by atoms with Crippen molar-refractivity contribution in [2.45, 2.75) is 17.4 Å². The maximum absolute atomic E-state index is 13.3. The van der Waals surface area contributed by atoms with Crippen molar-refractivity contribution in [2.24, 2.45) is 0 Å². The van der Waals surface area contributed by atoms with Gasteiger partial charge in [0, 0.05) is 13.2 Å². The quantitative estimate of drug-likeness (QED) is 0.688. The molecule has 144 valence electrons. The molecule has 1 aromatic carbocycles. The minimum absolute atomic E-state index is 0.139. The average Bonchev–Trinajstić information content (AvgIpc) is 2.71. The highest BCUT2D eigenvalue weighted by Gasteiger charge is 2.48. The molecule has 0 saturated carbocycles. The van der Waals surface area contributed by atoms with Gasteiger partial charge in [-0.3, -0.25) is 4.98 Å². The SMILES string of the molecule is COC(=O)c1ccccc1S(=O)(=O)N(C)[C@](C)(C(=O)OC)c1ccccn1. The molecule has 0 fully saturated rings. The second-order valence-electron chi connectivity index (χ2n) is 5.74. The van der Waals surface area contributed by atoms with E-state index in [2.05, 4.69) is 9.72 Å². The van der Waals surface area contributed by atoms with Crippen LogP contribution in [0.5, 0.6) is 0 Å². The van der Waals surface area contributed by atoms with Gasteiger partial charge in [0.15, 0.2) is 5.54 Å². The number of hydrogen-bond acceptors (Lipinski definition) is 7. The fourth-order valence-corrected chi connectivity index (χ4v) is 4.23. The molecule has 8 nitrogen and oxygen atoms in total. The van der Waals surface area contributed by atoms with Gasteiger partial charge in [0.05, 0.1) is 30.4 Å². The van der Waals surface area contributed by atoms with E-state index in [0.717, 1.165) is 18.5 Å². The van der Waals surface area contributed by atoms with Crippen molar-refractivity contribution < 1.29 is 27.5 Å². The van der Waals surface area contributed by atoms with E-state index in [1.165, 1.54) is 50.5 Å². The van der Waals surface area contributed by atoms with Crippen LogP contribution >= 0.6 is 0 Å². The van der Waals surface area contributed by atoms with Crippen LogP contribution in [0.3, 0.4) is 0 Å². The first kappa shape index (κ1) is 20.5. The highest BCUT2D eigenvalue weighted by Crippen LogP contribution is 2.33. The Morgan fingerprint density at radius 1 is 1.04 bits per heavy atom.